The third-order valence-corrected chi connectivity index (χ3v) is 2.79. The van der Waals surface area contributed by atoms with Crippen molar-refractivity contribution in [1.82, 2.24) is 0 Å². The van der Waals surface area contributed by atoms with E-state index < -0.39 is 10.8 Å². The SMILES string of the molecule is NC1COCC1C(=O)Nc1cccc([N+](=O)[O-])c1. The number of nitrogens with two attached hydrogens (primary N) is 1. The maximum absolute atomic E-state index is 11.9. The van der Waals surface area contributed by atoms with Crippen LogP contribution in [0.25, 0.3) is 0 Å². The maximum Gasteiger partial charge on any atom is 0.271 e. The molecule has 1 aliphatic rings. The molecule has 2 unspecified atom stereocenters. The number of carbonyl (C=O) groups excluding carboxylic acids is 1. The molecule has 0 bridgehead atoms. The number of hydrogen-bond acceptors (Lipinski definition) is 5. The first-order valence-electron chi connectivity index (χ1n) is 5.46. The summed E-state index contributed by atoms with van der Waals surface area (Å²) in [5.74, 6) is -0.690. The van der Waals surface area contributed by atoms with Crippen molar-refractivity contribution in [2.75, 3.05) is 18.5 Å². The van der Waals surface area contributed by atoms with Gasteiger partial charge >= 0.3 is 0 Å². The van der Waals surface area contributed by atoms with E-state index in [1.165, 1.54) is 18.2 Å². The average Bonchev–Trinajstić information content (AvgIpc) is 2.76. The standard InChI is InChI=1S/C11H13N3O4/c12-10-6-18-5-9(10)11(15)13-7-2-1-3-8(4-7)14(16)17/h1-4,9-10H,5-6,12H2,(H,13,15). The van der Waals surface area contributed by atoms with Gasteiger partial charge in [-0.15, -0.1) is 0 Å². The molecule has 18 heavy (non-hydrogen) atoms. The fraction of sp³-hybridized carbons (Fsp3) is 0.364. The fourth-order valence-corrected chi connectivity index (χ4v) is 1.77. The van der Waals surface area contributed by atoms with Crippen molar-refractivity contribution >= 4 is 17.3 Å². The van der Waals surface area contributed by atoms with Crippen LogP contribution >= 0.6 is 0 Å². The zero-order chi connectivity index (χ0) is 13.1. The molecule has 7 heteroatoms. The van der Waals surface area contributed by atoms with Crippen molar-refractivity contribution in [1.29, 1.82) is 0 Å². The summed E-state index contributed by atoms with van der Waals surface area (Å²) < 4.78 is 5.10. The molecule has 0 spiro atoms. The first-order chi connectivity index (χ1) is 8.58. The molecule has 1 saturated heterocycles. The molecule has 2 atom stereocenters. The van der Waals surface area contributed by atoms with E-state index in [0.29, 0.717) is 12.3 Å². The predicted molar refractivity (Wildman–Crippen MR) is 64.0 cm³/mol. The second-order valence-corrected chi connectivity index (χ2v) is 4.10. The van der Waals surface area contributed by atoms with Gasteiger partial charge in [-0.1, -0.05) is 6.07 Å². The molecule has 0 aliphatic carbocycles. The molecule has 1 fully saturated rings. The summed E-state index contributed by atoms with van der Waals surface area (Å²) >= 11 is 0. The van der Waals surface area contributed by atoms with Gasteiger partial charge in [-0.2, -0.15) is 0 Å². The molecule has 7 nitrogen and oxygen atoms in total. The second kappa shape index (κ2) is 5.11. The van der Waals surface area contributed by atoms with E-state index in [2.05, 4.69) is 5.32 Å². The van der Waals surface area contributed by atoms with Crippen LogP contribution in [0.5, 0.6) is 0 Å². The minimum Gasteiger partial charge on any atom is -0.379 e. The molecule has 0 aromatic heterocycles. The van der Waals surface area contributed by atoms with Gasteiger partial charge in [-0.3, -0.25) is 14.9 Å². The number of non-ortho nitro benzene ring substituents is 1. The number of amides is 1. The maximum atomic E-state index is 11.9. The number of benzene rings is 1. The number of ether oxygens (including phenoxy) is 1. The zero-order valence-corrected chi connectivity index (χ0v) is 9.54. The van der Waals surface area contributed by atoms with Crippen LogP contribution in [-0.2, 0) is 9.53 Å². The van der Waals surface area contributed by atoms with Gasteiger partial charge in [0.2, 0.25) is 5.91 Å². The molecule has 1 amide bonds. The van der Waals surface area contributed by atoms with E-state index in [0.717, 1.165) is 0 Å². The van der Waals surface area contributed by atoms with Gasteiger partial charge in [0.25, 0.3) is 5.69 Å². The molecular formula is C11H13N3O4. The Labute approximate surface area is 103 Å². The van der Waals surface area contributed by atoms with Crippen LogP contribution in [0.1, 0.15) is 0 Å². The Morgan fingerprint density at radius 3 is 2.89 bits per heavy atom. The fourth-order valence-electron chi connectivity index (χ4n) is 1.77. The lowest BCUT2D eigenvalue weighted by atomic mass is 10.0. The Kier molecular flexibility index (Phi) is 3.54. The van der Waals surface area contributed by atoms with Crippen molar-refractivity contribution in [2.24, 2.45) is 11.7 Å². The lowest BCUT2D eigenvalue weighted by Crippen LogP contribution is -2.37. The minimum atomic E-state index is -0.514. The summed E-state index contributed by atoms with van der Waals surface area (Å²) in [5, 5.41) is 13.2. The number of hydrogen-bond donors (Lipinski definition) is 2. The van der Waals surface area contributed by atoms with Crippen LogP contribution in [0, 0.1) is 16.0 Å². The highest BCUT2D eigenvalue weighted by Crippen LogP contribution is 2.19. The van der Waals surface area contributed by atoms with Gasteiger partial charge in [0.15, 0.2) is 0 Å². The number of rotatable bonds is 3. The monoisotopic (exact) mass is 251 g/mol. The van der Waals surface area contributed by atoms with Crippen LogP contribution in [0.15, 0.2) is 24.3 Å². The summed E-state index contributed by atoms with van der Waals surface area (Å²) in [5.41, 5.74) is 6.03. The van der Waals surface area contributed by atoms with Gasteiger partial charge in [-0.05, 0) is 6.07 Å². The Balaban J connectivity index is 2.07. The van der Waals surface area contributed by atoms with Gasteiger partial charge in [0, 0.05) is 23.9 Å². The van der Waals surface area contributed by atoms with Crippen LogP contribution in [0.2, 0.25) is 0 Å². The summed E-state index contributed by atoms with van der Waals surface area (Å²) in [4.78, 5) is 22.0. The van der Waals surface area contributed by atoms with E-state index >= 15 is 0 Å². The Morgan fingerprint density at radius 2 is 2.28 bits per heavy atom. The summed E-state index contributed by atoms with van der Waals surface area (Å²) in [6.45, 7) is 0.634. The Hall–Kier alpha value is -1.99. The lowest BCUT2D eigenvalue weighted by Gasteiger charge is -2.13. The van der Waals surface area contributed by atoms with Crippen LogP contribution < -0.4 is 11.1 Å². The molecular weight excluding hydrogens is 238 g/mol. The van der Waals surface area contributed by atoms with Gasteiger partial charge < -0.3 is 15.8 Å². The van der Waals surface area contributed by atoms with E-state index in [9.17, 15) is 14.9 Å². The highest BCUT2D eigenvalue weighted by molar-refractivity contribution is 5.93. The van der Waals surface area contributed by atoms with Gasteiger partial charge in [0.05, 0.1) is 24.1 Å². The van der Waals surface area contributed by atoms with Crippen LogP contribution in [0.4, 0.5) is 11.4 Å². The van der Waals surface area contributed by atoms with Crippen molar-refractivity contribution in [2.45, 2.75) is 6.04 Å². The smallest absolute Gasteiger partial charge is 0.271 e. The van der Waals surface area contributed by atoms with Gasteiger partial charge in [-0.25, -0.2) is 0 Å². The lowest BCUT2D eigenvalue weighted by molar-refractivity contribution is -0.384. The van der Waals surface area contributed by atoms with Gasteiger partial charge in [0.1, 0.15) is 0 Å². The highest BCUT2D eigenvalue weighted by Gasteiger charge is 2.31. The molecule has 1 aromatic carbocycles. The number of nitro benzene ring substituents is 1. The van der Waals surface area contributed by atoms with Crippen LogP contribution in [0.3, 0.4) is 0 Å². The number of anilines is 1. The Morgan fingerprint density at radius 1 is 1.50 bits per heavy atom. The molecule has 1 aliphatic heterocycles. The second-order valence-electron chi connectivity index (χ2n) is 4.10. The zero-order valence-electron chi connectivity index (χ0n) is 9.54. The first kappa shape index (κ1) is 12.5. The number of nitrogens with zero attached hydrogens (tertiary/aromatic N) is 1. The normalized spacial score (nSPS) is 22.7. The molecule has 0 saturated carbocycles. The molecule has 0 radical (unpaired) electrons. The van der Waals surface area contributed by atoms with Crippen molar-refractivity contribution in [3.63, 3.8) is 0 Å². The summed E-state index contributed by atoms with van der Waals surface area (Å²) in [6, 6.07) is 5.44. The topological polar surface area (TPSA) is 107 Å². The Bertz CT molecular complexity index is 477. The van der Waals surface area contributed by atoms with Crippen LogP contribution in [-0.4, -0.2) is 30.1 Å². The van der Waals surface area contributed by atoms with Crippen molar-refractivity contribution in [3.8, 4) is 0 Å². The average molecular weight is 251 g/mol. The quantitative estimate of drug-likeness (QED) is 0.601. The number of carbonyl (C=O) groups is 1. The molecule has 1 aromatic rings. The van der Waals surface area contributed by atoms with E-state index in [1.54, 1.807) is 6.07 Å². The third kappa shape index (κ3) is 2.63. The van der Waals surface area contributed by atoms with Crippen molar-refractivity contribution < 1.29 is 14.5 Å². The largest absolute Gasteiger partial charge is 0.379 e. The number of nitro groups is 1. The first-order valence-corrected chi connectivity index (χ1v) is 5.46. The van der Waals surface area contributed by atoms with Crippen molar-refractivity contribution in [3.05, 3.63) is 34.4 Å². The number of nitrogens with one attached hydrogen (secondary N) is 1. The molecule has 1 heterocycles. The molecule has 3 N–H and O–H groups in total. The molecule has 96 valence electrons. The minimum absolute atomic E-state index is 0.0697. The highest BCUT2D eigenvalue weighted by atomic mass is 16.6. The summed E-state index contributed by atoms with van der Waals surface area (Å²) in [7, 11) is 0. The van der Waals surface area contributed by atoms with E-state index in [4.69, 9.17) is 10.5 Å². The van der Waals surface area contributed by atoms with E-state index in [-0.39, 0.29) is 24.2 Å². The molecule has 2 rings (SSSR count). The summed E-state index contributed by atoms with van der Waals surface area (Å²) in [6.07, 6.45) is 0. The third-order valence-electron chi connectivity index (χ3n) is 2.79. The van der Waals surface area contributed by atoms with E-state index in [1.807, 2.05) is 0 Å². The predicted octanol–water partition coefficient (Wildman–Crippen LogP) is 0.507.